The molecule has 0 aliphatic carbocycles. The third-order valence-electron chi connectivity index (χ3n) is 2.61. The lowest BCUT2D eigenvalue weighted by Gasteiger charge is -2.06. The SMILES string of the molecule is O=C(CSCc1ccc(Cl)cc1F)Nc1cccc(Br)c1. The zero-order chi connectivity index (χ0) is 15.2. The summed E-state index contributed by atoms with van der Waals surface area (Å²) in [7, 11) is 0. The monoisotopic (exact) mass is 387 g/mol. The maximum absolute atomic E-state index is 13.6. The second kappa shape index (κ2) is 7.82. The summed E-state index contributed by atoms with van der Waals surface area (Å²) in [6.07, 6.45) is 0. The van der Waals surface area contributed by atoms with Crippen LogP contribution in [0.2, 0.25) is 5.02 Å². The molecule has 1 N–H and O–H groups in total. The molecule has 0 aliphatic rings. The standard InChI is InChI=1S/C15H12BrClFNOS/c16-11-2-1-3-13(6-11)19-15(20)9-21-8-10-4-5-12(17)7-14(10)18/h1-7H,8-9H2,(H,19,20). The van der Waals surface area contributed by atoms with Gasteiger partial charge >= 0.3 is 0 Å². The van der Waals surface area contributed by atoms with Gasteiger partial charge in [-0.15, -0.1) is 11.8 Å². The van der Waals surface area contributed by atoms with Gasteiger partial charge in [0.25, 0.3) is 0 Å². The van der Waals surface area contributed by atoms with Gasteiger partial charge in [-0.3, -0.25) is 4.79 Å². The number of anilines is 1. The molecule has 2 rings (SSSR count). The first kappa shape index (κ1) is 16.3. The summed E-state index contributed by atoms with van der Waals surface area (Å²) < 4.78 is 14.5. The molecule has 0 saturated heterocycles. The highest BCUT2D eigenvalue weighted by Gasteiger charge is 2.06. The molecule has 0 saturated carbocycles. The van der Waals surface area contributed by atoms with Crippen LogP contribution in [0.4, 0.5) is 10.1 Å². The molecule has 110 valence electrons. The molecule has 21 heavy (non-hydrogen) atoms. The van der Waals surface area contributed by atoms with Crippen molar-refractivity contribution in [2.45, 2.75) is 5.75 Å². The molecule has 0 bridgehead atoms. The predicted molar refractivity (Wildman–Crippen MR) is 90.3 cm³/mol. The van der Waals surface area contributed by atoms with Crippen molar-refractivity contribution in [2.24, 2.45) is 0 Å². The Kier molecular flexibility index (Phi) is 6.08. The van der Waals surface area contributed by atoms with Crippen molar-refractivity contribution in [3.8, 4) is 0 Å². The molecule has 0 radical (unpaired) electrons. The van der Waals surface area contributed by atoms with E-state index in [1.165, 1.54) is 17.8 Å². The lowest BCUT2D eigenvalue weighted by Crippen LogP contribution is -2.14. The molecular weight excluding hydrogens is 377 g/mol. The molecule has 2 aromatic carbocycles. The topological polar surface area (TPSA) is 29.1 Å². The number of halogens is 3. The van der Waals surface area contributed by atoms with Gasteiger partial charge < -0.3 is 5.32 Å². The average Bonchev–Trinajstić information content (AvgIpc) is 2.41. The van der Waals surface area contributed by atoms with Crippen LogP contribution in [0, 0.1) is 5.82 Å². The first-order chi connectivity index (χ1) is 10.0. The van der Waals surface area contributed by atoms with Crippen LogP contribution in [-0.2, 0) is 10.5 Å². The van der Waals surface area contributed by atoms with Crippen molar-refractivity contribution in [2.75, 3.05) is 11.1 Å². The fourth-order valence-corrected chi connectivity index (χ4v) is 3.03. The van der Waals surface area contributed by atoms with Gasteiger partial charge in [0.1, 0.15) is 5.82 Å². The van der Waals surface area contributed by atoms with E-state index in [9.17, 15) is 9.18 Å². The molecule has 6 heteroatoms. The van der Waals surface area contributed by atoms with E-state index in [4.69, 9.17) is 11.6 Å². The number of amides is 1. The highest BCUT2D eigenvalue weighted by Crippen LogP contribution is 2.20. The van der Waals surface area contributed by atoms with Crippen molar-refractivity contribution in [3.05, 3.63) is 63.3 Å². The van der Waals surface area contributed by atoms with E-state index in [0.29, 0.717) is 16.3 Å². The van der Waals surface area contributed by atoms with Gasteiger partial charge in [-0.25, -0.2) is 4.39 Å². The Balaban J connectivity index is 1.81. The zero-order valence-electron chi connectivity index (χ0n) is 10.9. The summed E-state index contributed by atoms with van der Waals surface area (Å²) in [6.45, 7) is 0. The Morgan fingerprint density at radius 1 is 1.29 bits per heavy atom. The summed E-state index contributed by atoms with van der Waals surface area (Å²) >= 11 is 10.4. The Hall–Kier alpha value is -1.04. The lowest BCUT2D eigenvalue weighted by molar-refractivity contribution is -0.113. The third kappa shape index (κ3) is 5.34. The number of hydrogen-bond donors (Lipinski definition) is 1. The molecule has 0 unspecified atom stereocenters. The number of nitrogens with one attached hydrogen (secondary N) is 1. The number of benzene rings is 2. The first-order valence-corrected chi connectivity index (χ1v) is 8.44. The maximum atomic E-state index is 13.6. The van der Waals surface area contributed by atoms with Crippen LogP contribution in [0.3, 0.4) is 0 Å². The maximum Gasteiger partial charge on any atom is 0.234 e. The Labute approximate surface area is 140 Å². The van der Waals surface area contributed by atoms with Gasteiger partial charge in [0.15, 0.2) is 0 Å². The van der Waals surface area contributed by atoms with Crippen LogP contribution in [0.15, 0.2) is 46.9 Å². The number of carbonyl (C=O) groups excluding carboxylic acids is 1. The Morgan fingerprint density at radius 2 is 2.10 bits per heavy atom. The summed E-state index contributed by atoms with van der Waals surface area (Å²) in [6, 6.07) is 11.9. The second-order valence-corrected chi connectivity index (χ2v) is 6.62. The zero-order valence-corrected chi connectivity index (χ0v) is 14.1. The van der Waals surface area contributed by atoms with E-state index in [2.05, 4.69) is 21.2 Å². The molecule has 0 fully saturated rings. The highest BCUT2D eigenvalue weighted by molar-refractivity contribution is 9.10. The molecule has 0 spiro atoms. The van der Waals surface area contributed by atoms with Gasteiger partial charge in [0, 0.05) is 20.9 Å². The Morgan fingerprint density at radius 3 is 2.81 bits per heavy atom. The summed E-state index contributed by atoms with van der Waals surface area (Å²) in [5.74, 6) is 0.221. The quantitative estimate of drug-likeness (QED) is 0.771. The summed E-state index contributed by atoms with van der Waals surface area (Å²) in [5.41, 5.74) is 1.27. The molecule has 0 aromatic heterocycles. The number of thioether (sulfide) groups is 1. The van der Waals surface area contributed by atoms with Gasteiger partial charge in [-0.05, 0) is 35.9 Å². The number of hydrogen-bond acceptors (Lipinski definition) is 2. The number of rotatable bonds is 5. The predicted octanol–water partition coefficient (Wildman–Crippen LogP) is 5.11. The fraction of sp³-hybridized carbons (Fsp3) is 0.133. The van der Waals surface area contributed by atoms with Crippen LogP contribution in [0.5, 0.6) is 0 Å². The van der Waals surface area contributed by atoms with Crippen molar-refractivity contribution in [1.29, 1.82) is 0 Å². The van der Waals surface area contributed by atoms with E-state index >= 15 is 0 Å². The van der Waals surface area contributed by atoms with Crippen LogP contribution >= 0.6 is 39.3 Å². The van der Waals surface area contributed by atoms with Gasteiger partial charge in [-0.1, -0.05) is 39.7 Å². The molecule has 2 aromatic rings. The smallest absolute Gasteiger partial charge is 0.234 e. The van der Waals surface area contributed by atoms with Crippen LogP contribution in [0.25, 0.3) is 0 Å². The largest absolute Gasteiger partial charge is 0.325 e. The minimum Gasteiger partial charge on any atom is -0.325 e. The minimum absolute atomic E-state index is 0.118. The van der Waals surface area contributed by atoms with Crippen LogP contribution in [-0.4, -0.2) is 11.7 Å². The van der Waals surface area contributed by atoms with E-state index in [-0.39, 0.29) is 17.5 Å². The van der Waals surface area contributed by atoms with Crippen molar-refractivity contribution in [3.63, 3.8) is 0 Å². The van der Waals surface area contributed by atoms with Crippen molar-refractivity contribution < 1.29 is 9.18 Å². The summed E-state index contributed by atoms with van der Waals surface area (Å²) in [5, 5.41) is 3.16. The highest BCUT2D eigenvalue weighted by atomic mass is 79.9. The molecule has 2 nitrogen and oxygen atoms in total. The normalized spacial score (nSPS) is 10.4. The first-order valence-electron chi connectivity index (χ1n) is 6.11. The third-order valence-corrected chi connectivity index (χ3v) is 4.32. The minimum atomic E-state index is -0.345. The van der Waals surface area contributed by atoms with Gasteiger partial charge in [-0.2, -0.15) is 0 Å². The molecular formula is C15H12BrClFNOS. The van der Waals surface area contributed by atoms with E-state index in [1.807, 2.05) is 24.3 Å². The van der Waals surface area contributed by atoms with Crippen molar-refractivity contribution in [1.82, 2.24) is 0 Å². The lowest BCUT2D eigenvalue weighted by atomic mass is 10.2. The Bertz CT molecular complexity index is 653. The van der Waals surface area contributed by atoms with Gasteiger partial charge in [0.05, 0.1) is 5.75 Å². The molecule has 0 aliphatic heterocycles. The average molecular weight is 389 g/mol. The molecule has 0 atom stereocenters. The van der Waals surface area contributed by atoms with E-state index in [0.717, 1.165) is 10.2 Å². The van der Waals surface area contributed by atoms with E-state index < -0.39 is 0 Å². The van der Waals surface area contributed by atoms with Crippen LogP contribution < -0.4 is 5.32 Å². The molecule has 0 heterocycles. The molecule has 1 amide bonds. The van der Waals surface area contributed by atoms with E-state index in [1.54, 1.807) is 12.1 Å². The van der Waals surface area contributed by atoms with Crippen molar-refractivity contribution >= 4 is 50.9 Å². The second-order valence-electron chi connectivity index (χ2n) is 4.29. The number of carbonyl (C=O) groups is 1. The fourth-order valence-electron chi connectivity index (χ4n) is 1.66. The van der Waals surface area contributed by atoms with Gasteiger partial charge in [0.2, 0.25) is 5.91 Å². The van der Waals surface area contributed by atoms with Crippen LogP contribution in [0.1, 0.15) is 5.56 Å². The summed E-state index contributed by atoms with van der Waals surface area (Å²) in [4.78, 5) is 11.8.